The summed E-state index contributed by atoms with van der Waals surface area (Å²) in [6.07, 6.45) is -0.225. The van der Waals surface area contributed by atoms with Crippen molar-refractivity contribution in [2.75, 3.05) is 39.8 Å². The van der Waals surface area contributed by atoms with Crippen LogP contribution in [-0.4, -0.2) is 67.5 Å². The minimum absolute atomic E-state index is 0.0622. The molecule has 26 heavy (non-hydrogen) atoms. The van der Waals surface area contributed by atoms with E-state index in [0.29, 0.717) is 37.9 Å². The number of nitrogens with one attached hydrogen (secondary N) is 1. The highest BCUT2D eigenvalue weighted by Gasteiger charge is 2.15. The summed E-state index contributed by atoms with van der Waals surface area (Å²) in [5, 5.41) is 3.18. The molecule has 0 aliphatic rings. The van der Waals surface area contributed by atoms with E-state index < -0.39 is 0 Å². The first-order chi connectivity index (χ1) is 12.4. The molecule has 1 aromatic rings. The summed E-state index contributed by atoms with van der Waals surface area (Å²) in [5.41, 5.74) is 0. The standard InChI is InChI=1S/C19H31FN4O2/c1-6-21-19(23(5)14-18(25)24(7-2)8-3)22-13-15(4)26-17-11-9-10-16(20)12-17/h9-12,15H,6-8,13-14H2,1-5H3,(H,21,22). The zero-order chi connectivity index (χ0) is 19.5. The van der Waals surface area contributed by atoms with Gasteiger partial charge in [-0.15, -0.1) is 0 Å². The summed E-state index contributed by atoms with van der Waals surface area (Å²) >= 11 is 0. The van der Waals surface area contributed by atoms with Crippen molar-refractivity contribution in [1.29, 1.82) is 0 Å². The number of rotatable bonds is 9. The Morgan fingerprint density at radius 3 is 2.58 bits per heavy atom. The lowest BCUT2D eigenvalue weighted by Crippen LogP contribution is -2.46. The largest absolute Gasteiger partial charge is 0.489 e. The normalized spacial score (nSPS) is 12.5. The Hall–Kier alpha value is -2.31. The number of amides is 1. The van der Waals surface area contributed by atoms with Crippen LogP contribution in [0.15, 0.2) is 29.3 Å². The highest BCUT2D eigenvalue weighted by molar-refractivity contribution is 5.86. The van der Waals surface area contributed by atoms with Gasteiger partial charge in [0.25, 0.3) is 0 Å². The van der Waals surface area contributed by atoms with Crippen molar-refractivity contribution < 1.29 is 13.9 Å². The number of likely N-dealkylation sites (N-methyl/N-ethyl adjacent to an activating group) is 2. The fourth-order valence-corrected chi connectivity index (χ4v) is 2.45. The van der Waals surface area contributed by atoms with Crippen LogP contribution in [0.25, 0.3) is 0 Å². The minimum Gasteiger partial charge on any atom is -0.489 e. The lowest BCUT2D eigenvalue weighted by Gasteiger charge is -2.26. The first kappa shape index (κ1) is 21.7. The molecule has 1 amide bonds. The molecule has 1 atom stereocenters. The Bertz CT molecular complexity index is 591. The van der Waals surface area contributed by atoms with Gasteiger partial charge in [0, 0.05) is 32.7 Å². The molecule has 1 unspecified atom stereocenters. The van der Waals surface area contributed by atoms with Crippen LogP contribution >= 0.6 is 0 Å². The Morgan fingerprint density at radius 2 is 2.00 bits per heavy atom. The number of nitrogens with zero attached hydrogens (tertiary/aromatic N) is 3. The molecule has 1 rings (SSSR count). The molecule has 0 aliphatic carbocycles. The number of hydrogen-bond donors (Lipinski definition) is 1. The maximum absolute atomic E-state index is 13.2. The number of guanidine groups is 1. The Labute approximate surface area is 156 Å². The van der Waals surface area contributed by atoms with Crippen molar-refractivity contribution in [1.82, 2.24) is 15.1 Å². The van der Waals surface area contributed by atoms with E-state index in [1.54, 1.807) is 21.9 Å². The molecule has 146 valence electrons. The topological polar surface area (TPSA) is 57.2 Å². The van der Waals surface area contributed by atoms with E-state index in [1.807, 2.05) is 34.7 Å². The fraction of sp³-hybridized carbons (Fsp3) is 0.579. The molecule has 0 spiro atoms. The van der Waals surface area contributed by atoms with Gasteiger partial charge < -0.3 is 19.9 Å². The predicted octanol–water partition coefficient (Wildman–Crippen LogP) is 2.36. The number of ether oxygens (including phenoxy) is 1. The summed E-state index contributed by atoms with van der Waals surface area (Å²) in [4.78, 5) is 20.4. The van der Waals surface area contributed by atoms with Crippen molar-refractivity contribution in [3.05, 3.63) is 30.1 Å². The average molecular weight is 366 g/mol. The first-order valence-corrected chi connectivity index (χ1v) is 9.10. The van der Waals surface area contributed by atoms with E-state index in [2.05, 4.69) is 10.3 Å². The van der Waals surface area contributed by atoms with Gasteiger partial charge in [0.2, 0.25) is 5.91 Å². The predicted molar refractivity (Wildman–Crippen MR) is 103 cm³/mol. The third-order valence-electron chi connectivity index (χ3n) is 3.82. The average Bonchev–Trinajstić information content (AvgIpc) is 2.59. The molecular formula is C19H31FN4O2. The Balaban J connectivity index is 2.67. The van der Waals surface area contributed by atoms with Gasteiger partial charge in [-0.05, 0) is 39.8 Å². The lowest BCUT2D eigenvalue weighted by atomic mass is 10.3. The number of carbonyl (C=O) groups is 1. The van der Waals surface area contributed by atoms with Gasteiger partial charge in [-0.2, -0.15) is 0 Å². The summed E-state index contributed by atoms with van der Waals surface area (Å²) in [7, 11) is 1.83. The van der Waals surface area contributed by atoms with E-state index in [4.69, 9.17) is 4.74 Å². The first-order valence-electron chi connectivity index (χ1n) is 9.10. The van der Waals surface area contributed by atoms with Gasteiger partial charge >= 0.3 is 0 Å². The maximum atomic E-state index is 13.2. The van der Waals surface area contributed by atoms with Gasteiger partial charge in [-0.1, -0.05) is 6.07 Å². The zero-order valence-electron chi connectivity index (χ0n) is 16.5. The molecule has 1 N–H and O–H groups in total. The van der Waals surface area contributed by atoms with E-state index in [9.17, 15) is 9.18 Å². The zero-order valence-corrected chi connectivity index (χ0v) is 16.5. The molecule has 0 aliphatic heterocycles. The van der Waals surface area contributed by atoms with E-state index in [-0.39, 0.29) is 24.4 Å². The number of benzene rings is 1. The molecule has 6 nitrogen and oxygen atoms in total. The van der Waals surface area contributed by atoms with Gasteiger partial charge in [0.15, 0.2) is 5.96 Å². The number of aliphatic imine (C=N–C) groups is 1. The van der Waals surface area contributed by atoms with Crippen LogP contribution in [0.5, 0.6) is 5.75 Å². The van der Waals surface area contributed by atoms with E-state index in [0.717, 1.165) is 0 Å². The molecule has 0 saturated carbocycles. The fourth-order valence-electron chi connectivity index (χ4n) is 2.45. The third-order valence-corrected chi connectivity index (χ3v) is 3.82. The summed E-state index contributed by atoms with van der Waals surface area (Å²) < 4.78 is 18.9. The molecule has 1 aromatic carbocycles. The van der Waals surface area contributed by atoms with Crippen LogP contribution in [0.4, 0.5) is 4.39 Å². The highest BCUT2D eigenvalue weighted by atomic mass is 19.1. The number of carbonyl (C=O) groups excluding carboxylic acids is 1. The SMILES string of the molecule is CCNC(=NCC(C)Oc1cccc(F)c1)N(C)CC(=O)N(CC)CC. The van der Waals surface area contributed by atoms with E-state index in [1.165, 1.54) is 12.1 Å². The lowest BCUT2D eigenvalue weighted by molar-refractivity contribution is -0.131. The van der Waals surface area contributed by atoms with Gasteiger partial charge in [-0.25, -0.2) is 9.38 Å². The van der Waals surface area contributed by atoms with Crippen LogP contribution in [0.2, 0.25) is 0 Å². The monoisotopic (exact) mass is 366 g/mol. The van der Waals surface area contributed by atoms with Crippen LogP contribution in [-0.2, 0) is 4.79 Å². The second-order valence-corrected chi connectivity index (χ2v) is 6.00. The molecule has 0 fully saturated rings. The molecule has 0 heterocycles. The molecule has 7 heteroatoms. The van der Waals surface area contributed by atoms with Crippen molar-refractivity contribution in [3.63, 3.8) is 0 Å². The van der Waals surface area contributed by atoms with Gasteiger partial charge in [0.1, 0.15) is 17.7 Å². The van der Waals surface area contributed by atoms with Crippen LogP contribution < -0.4 is 10.1 Å². The third kappa shape index (κ3) is 7.29. The smallest absolute Gasteiger partial charge is 0.242 e. The van der Waals surface area contributed by atoms with E-state index >= 15 is 0 Å². The summed E-state index contributed by atoms with van der Waals surface area (Å²) in [6, 6.07) is 6.04. The summed E-state index contributed by atoms with van der Waals surface area (Å²) in [5.74, 6) is 0.846. The molecular weight excluding hydrogens is 335 g/mol. The molecule has 0 saturated heterocycles. The summed E-state index contributed by atoms with van der Waals surface area (Å²) in [6.45, 7) is 10.5. The quantitative estimate of drug-likeness (QED) is 0.538. The Morgan fingerprint density at radius 1 is 1.31 bits per heavy atom. The second-order valence-electron chi connectivity index (χ2n) is 6.00. The molecule has 0 radical (unpaired) electrons. The minimum atomic E-state index is -0.332. The van der Waals surface area contributed by atoms with Crippen molar-refractivity contribution in [2.45, 2.75) is 33.8 Å². The van der Waals surface area contributed by atoms with Crippen molar-refractivity contribution in [3.8, 4) is 5.75 Å². The van der Waals surface area contributed by atoms with Gasteiger partial charge in [0.05, 0.1) is 13.1 Å². The maximum Gasteiger partial charge on any atom is 0.242 e. The number of hydrogen-bond acceptors (Lipinski definition) is 3. The van der Waals surface area contributed by atoms with Crippen LogP contribution in [0.3, 0.4) is 0 Å². The number of halogens is 1. The second kappa shape index (κ2) is 11.3. The Kier molecular flexibility index (Phi) is 9.47. The van der Waals surface area contributed by atoms with Crippen LogP contribution in [0.1, 0.15) is 27.7 Å². The highest BCUT2D eigenvalue weighted by Crippen LogP contribution is 2.13. The van der Waals surface area contributed by atoms with Gasteiger partial charge in [-0.3, -0.25) is 4.79 Å². The molecule has 0 aromatic heterocycles. The van der Waals surface area contributed by atoms with Crippen LogP contribution in [0, 0.1) is 5.82 Å². The van der Waals surface area contributed by atoms with Crippen molar-refractivity contribution in [2.24, 2.45) is 4.99 Å². The molecule has 0 bridgehead atoms. The van der Waals surface area contributed by atoms with Crippen molar-refractivity contribution >= 4 is 11.9 Å².